The summed E-state index contributed by atoms with van der Waals surface area (Å²) in [5.74, 6) is 0. The second kappa shape index (κ2) is 5.26. The second-order valence-corrected chi connectivity index (χ2v) is 3.88. The Hall–Kier alpha value is -0.900. The van der Waals surface area contributed by atoms with Crippen molar-refractivity contribution in [3.63, 3.8) is 0 Å². The van der Waals surface area contributed by atoms with E-state index in [-0.39, 0.29) is 0 Å². The van der Waals surface area contributed by atoms with E-state index in [0.29, 0.717) is 13.0 Å². The van der Waals surface area contributed by atoms with Crippen LogP contribution in [0.5, 0.6) is 0 Å². The van der Waals surface area contributed by atoms with Gasteiger partial charge in [-0.3, -0.25) is 0 Å². The number of hydrogen-bond donors (Lipinski definition) is 3. The van der Waals surface area contributed by atoms with Crippen molar-refractivity contribution in [1.82, 2.24) is 0 Å². The lowest BCUT2D eigenvalue weighted by molar-refractivity contribution is 0.0146. The van der Waals surface area contributed by atoms with Crippen LogP contribution in [-0.2, 0) is 0 Å². The van der Waals surface area contributed by atoms with Crippen molar-refractivity contribution in [3.05, 3.63) is 34.9 Å². The van der Waals surface area contributed by atoms with Gasteiger partial charge in [-0.1, -0.05) is 18.2 Å². The summed E-state index contributed by atoms with van der Waals surface area (Å²) in [4.78, 5) is 0. The standard InChI is InChI=1S/C12H19NO2/c1-8-4-3-5-10(9(8)2)12(15)11(14)6-7-13/h3-5,11-12,14-15H,6-7,13H2,1-2H3. The van der Waals surface area contributed by atoms with Crippen molar-refractivity contribution in [2.45, 2.75) is 32.5 Å². The molecule has 0 fully saturated rings. The lowest BCUT2D eigenvalue weighted by atomic mass is 9.95. The van der Waals surface area contributed by atoms with Crippen molar-refractivity contribution >= 4 is 0 Å². The Morgan fingerprint density at radius 1 is 1.27 bits per heavy atom. The van der Waals surface area contributed by atoms with Gasteiger partial charge in [0.1, 0.15) is 6.10 Å². The maximum Gasteiger partial charge on any atom is 0.105 e. The summed E-state index contributed by atoms with van der Waals surface area (Å²) in [5.41, 5.74) is 8.28. The molecule has 0 radical (unpaired) electrons. The van der Waals surface area contributed by atoms with Crippen LogP contribution in [0.3, 0.4) is 0 Å². The second-order valence-electron chi connectivity index (χ2n) is 3.88. The van der Waals surface area contributed by atoms with E-state index in [1.807, 2.05) is 32.0 Å². The monoisotopic (exact) mass is 209 g/mol. The van der Waals surface area contributed by atoms with Gasteiger partial charge in [0.2, 0.25) is 0 Å². The highest BCUT2D eigenvalue weighted by Crippen LogP contribution is 2.23. The van der Waals surface area contributed by atoms with Gasteiger partial charge in [0.15, 0.2) is 0 Å². The molecular weight excluding hydrogens is 190 g/mol. The molecule has 3 heteroatoms. The molecular formula is C12H19NO2. The van der Waals surface area contributed by atoms with Gasteiger partial charge >= 0.3 is 0 Å². The normalized spacial score (nSPS) is 15.0. The molecule has 1 rings (SSSR count). The van der Waals surface area contributed by atoms with E-state index < -0.39 is 12.2 Å². The minimum absolute atomic E-state index is 0.378. The molecule has 0 aliphatic rings. The predicted octanol–water partition coefficient (Wildman–Crippen LogP) is 1.05. The van der Waals surface area contributed by atoms with E-state index >= 15 is 0 Å². The van der Waals surface area contributed by atoms with Crippen LogP contribution < -0.4 is 5.73 Å². The molecule has 0 heterocycles. The van der Waals surface area contributed by atoms with Crippen molar-refractivity contribution in [2.24, 2.45) is 5.73 Å². The fraction of sp³-hybridized carbons (Fsp3) is 0.500. The molecule has 1 aromatic rings. The van der Waals surface area contributed by atoms with Crippen molar-refractivity contribution in [3.8, 4) is 0 Å². The third kappa shape index (κ3) is 2.78. The first-order chi connectivity index (χ1) is 7.07. The van der Waals surface area contributed by atoms with E-state index in [0.717, 1.165) is 16.7 Å². The Morgan fingerprint density at radius 3 is 2.53 bits per heavy atom. The largest absolute Gasteiger partial charge is 0.390 e. The SMILES string of the molecule is Cc1cccc(C(O)C(O)CCN)c1C. The number of rotatable bonds is 4. The first-order valence-corrected chi connectivity index (χ1v) is 5.20. The van der Waals surface area contributed by atoms with Crippen LogP contribution in [0.25, 0.3) is 0 Å². The summed E-state index contributed by atoms with van der Waals surface area (Å²) in [7, 11) is 0. The summed E-state index contributed by atoms with van der Waals surface area (Å²) < 4.78 is 0. The van der Waals surface area contributed by atoms with Crippen molar-refractivity contribution in [1.29, 1.82) is 0 Å². The summed E-state index contributed by atoms with van der Waals surface area (Å²) in [6.45, 7) is 4.31. The average Bonchev–Trinajstić information content (AvgIpc) is 2.21. The van der Waals surface area contributed by atoms with E-state index in [4.69, 9.17) is 5.73 Å². The number of aliphatic hydroxyl groups excluding tert-OH is 2. The number of nitrogens with two attached hydrogens (primary N) is 1. The fourth-order valence-electron chi connectivity index (χ4n) is 1.63. The Bertz CT molecular complexity index is 325. The van der Waals surface area contributed by atoms with E-state index in [1.165, 1.54) is 0 Å². The maximum atomic E-state index is 9.92. The number of aryl methyl sites for hydroxylation is 1. The van der Waals surface area contributed by atoms with Gasteiger partial charge < -0.3 is 15.9 Å². The number of benzene rings is 1. The van der Waals surface area contributed by atoms with Crippen LogP contribution in [0.15, 0.2) is 18.2 Å². The zero-order valence-corrected chi connectivity index (χ0v) is 9.27. The lowest BCUT2D eigenvalue weighted by Gasteiger charge is -2.20. The van der Waals surface area contributed by atoms with Crippen LogP contribution in [0, 0.1) is 13.8 Å². The zero-order chi connectivity index (χ0) is 11.4. The van der Waals surface area contributed by atoms with Gasteiger partial charge in [-0.05, 0) is 43.5 Å². The first-order valence-electron chi connectivity index (χ1n) is 5.20. The van der Waals surface area contributed by atoms with Crippen LogP contribution >= 0.6 is 0 Å². The molecule has 0 aromatic heterocycles. The smallest absolute Gasteiger partial charge is 0.105 e. The Labute approximate surface area is 90.5 Å². The lowest BCUT2D eigenvalue weighted by Crippen LogP contribution is -2.22. The molecule has 0 aliphatic heterocycles. The Kier molecular flexibility index (Phi) is 4.27. The van der Waals surface area contributed by atoms with Crippen molar-refractivity contribution < 1.29 is 10.2 Å². The molecule has 0 bridgehead atoms. The van der Waals surface area contributed by atoms with Gasteiger partial charge in [-0.25, -0.2) is 0 Å². The third-order valence-corrected chi connectivity index (χ3v) is 2.79. The first kappa shape index (κ1) is 12.2. The van der Waals surface area contributed by atoms with Gasteiger partial charge in [-0.15, -0.1) is 0 Å². The topological polar surface area (TPSA) is 66.5 Å². The minimum atomic E-state index is -0.839. The molecule has 0 saturated heterocycles. The molecule has 15 heavy (non-hydrogen) atoms. The van der Waals surface area contributed by atoms with Gasteiger partial charge in [0, 0.05) is 0 Å². The van der Waals surface area contributed by atoms with Crippen LogP contribution in [-0.4, -0.2) is 22.9 Å². The van der Waals surface area contributed by atoms with Gasteiger partial charge in [-0.2, -0.15) is 0 Å². The van der Waals surface area contributed by atoms with Crippen LogP contribution in [0.4, 0.5) is 0 Å². The molecule has 4 N–H and O–H groups in total. The molecule has 84 valence electrons. The minimum Gasteiger partial charge on any atom is -0.390 e. The van der Waals surface area contributed by atoms with Crippen LogP contribution in [0.2, 0.25) is 0 Å². The number of hydrogen-bond acceptors (Lipinski definition) is 3. The van der Waals surface area contributed by atoms with E-state index in [1.54, 1.807) is 0 Å². The average molecular weight is 209 g/mol. The highest BCUT2D eigenvalue weighted by Gasteiger charge is 2.19. The molecule has 0 spiro atoms. The molecule has 3 nitrogen and oxygen atoms in total. The maximum absolute atomic E-state index is 9.92. The third-order valence-electron chi connectivity index (χ3n) is 2.79. The predicted molar refractivity (Wildman–Crippen MR) is 60.6 cm³/mol. The molecule has 0 saturated carbocycles. The summed E-state index contributed by atoms with van der Waals surface area (Å²) >= 11 is 0. The highest BCUT2D eigenvalue weighted by atomic mass is 16.3. The summed E-state index contributed by atoms with van der Waals surface area (Å²) in [5, 5.41) is 19.6. The van der Waals surface area contributed by atoms with Crippen molar-refractivity contribution in [2.75, 3.05) is 6.54 Å². The molecule has 2 atom stereocenters. The summed E-state index contributed by atoms with van der Waals surface area (Å²) in [6, 6.07) is 5.71. The molecule has 1 aromatic carbocycles. The van der Waals surface area contributed by atoms with Gasteiger partial charge in [0.05, 0.1) is 6.10 Å². The fourth-order valence-corrected chi connectivity index (χ4v) is 1.63. The van der Waals surface area contributed by atoms with Gasteiger partial charge in [0.25, 0.3) is 0 Å². The Morgan fingerprint density at radius 2 is 1.93 bits per heavy atom. The molecule has 0 amide bonds. The van der Waals surface area contributed by atoms with E-state index in [2.05, 4.69) is 0 Å². The molecule has 0 aliphatic carbocycles. The zero-order valence-electron chi connectivity index (χ0n) is 9.27. The van der Waals surface area contributed by atoms with Crippen LogP contribution in [0.1, 0.15) is 29.2 Å². The quantitative estimate of drug-likeness (QED) is 0.694. The van der Waals surface area contributed by atoms with E-state index in [9.17, 15) is 10.2 Å². The highest BCUT2D eigenvalue weighted by molar-refractivity contribution is 5.35. The molecule has 2 unspecified atom stereocenters. The number of aliphatic hydroxyl groups is 2. The summed E-state index contributed by atoms with van der Waals surface area (Å²) in [6.07, 6.45) is -1.21. The Balaban J connectivity index is 2.90.